The van der Waals surface area contributed by atoms with E-state index < -0.39 is 6.10 Å². The van der Waals surface area contributed by atoms with Gasteiger partial charge >= 0.3 is 0 Å². The molecule has 1 unspecified atom stereocenters. The zero-order valence-electron chi connectivity index (χ0n) is 12.9. The Hall–Kier alpha value is -2.37. The van der Waals surface area contributed by atoms with Gasteiger partial charge in [0.25, 0.3) is 0 Å². The zero-order valence-corrected chi connectivity index (χ0v) is 13.6. The summed E-state index contributed by atoms with van der Waals surface area (Å²) < 4.78 is 0. The lowest BCUT2D eigenvalue weighted by Gasteiger charge is -2.18. The molecule has 3 N–H and O–H groups in total. The summed E-state index contributed by atoms with van der Waals surface area (Å²) >= 11 is 5.81. The second kappa shape index (κ2) is 7.03. The number of rotatable bonds is 4. The minimum absolute atomic E-state index is 0.00497. The standard InChI is InChI=1S/C18H17ClN2O3/c19-13-4-1-11(2-5-13)16(22)10-18(24)20-14-6-7-15-12(9-14)3-8-17(23)21-15/h1-2,4-7,9,16,22H,3,8,10H2,(H,20,24)(H,21,23). The number of aryl methyl sites for hydroxylation is 1. The van der Waals surface area contributed by atoms with Crippen LogP contribution in [0.2, 0.25) is 5.02 Å². The number of amides is 2. The molecular formula is C18H17ClN2O3. The summed E-state index contributed by atoms with van der Waals surface area (Å²) in [7, 11) is 0. The fourth-order valence-electron chi connectivity index (χ4n) is 2.65. The molecule has 0 fully saturated rings. The molecule has 1 atom stereocenters. The summed E-state index contributed by atoms with van der Waals surface area (Å²) in [5.74, 6) is -0.275. The molecule has 6 heteroatoms. The van der Waals surface area contributed by atoms with Gasteiger partial charge in [0, 0.05) is 22.8 Å². The Labute approximate surface area is 144 Å². The van der Waals surface area contributed by atoms with Crippen LogP contribution in [0.15, 0.2) is 42.5 Å². The van der Waals surface area contributed by atoms with Crippen LogP contribution < -0.4 is 10.6 Å². The second-order valence-corrected chi connectivity index (χ2v) is 6.18. The molecule has 0 aliphatic carbocycles. The van der Waals surface area contributed by atoms with Crippen molar-refractivity contribution in [3.63, 3.8) is 0 Å². The van der Waals surface area contributed by atoms with Gasteiger partial charge < -0.3 is 15.7 Å². The van der Waals surface area contributed by atoms with Crippen LogP contribution in [-0.2, 0) is 16.0 Å². The topological polar surface area (TPSA) is 78.4 Å². The minimum atomic E-state index is -0.890. The highest BCUT2D eigenvalue weighted by Gasteiger charge is 2.17. The van der Waals surface area contributed by atoms with Crippen molar-refractivity contribution in [3.8, 4) is 0 Å². The summed E-state index contributed by atoms with van der Waals surface area (Å²) in [5, 5.41) is 16.3. The lowest BCUT2D eigenvalue weighted by Crippen LogP contribution is -2.20. The van der Waals surface area contributed by atoms with Crippen molar-refractivity contribution in [2.24, 2.45) is 0 Å². The summed E-state index contributed by atoms with van der Waals surface area (Å²) in [5.41, 5.74) is 3.07. The molecule has 2 amide bonds. The largest absolute Gasteiger partial charge is 0.388 e. The van der Waals surface area contributed by atoms with Crippen LogP contribution in [0.4, 0.5) is 11.4 Å². The van der Waals surface area contributed by atoms with Gasteiger partial charge in [0.1, 0.15) is 0 Å². The van der Waals surface area contributed by atoms with E-state index in [0.717, 1.165) is 11.3 Å². The zero-order chi connectivity index (χ0) is 17.1. The van der Waals surface area contributed by atoms with E-state index in [4.69, 9.17) is 11.6 Å². The Balaban J connectivity index is 1.62. The molecule has 0 aromatic heterocycles. The predicted molar refractivity (Wildman–Crippen MR) is 93.1 cm³/mol. The molecule has 124 valence electrons. The maximum absolute atomic E-state index is 12.1. The van der Waals surface area contributed by atoms with E-state index in [1.807, 2.05) is 6.07 Å². The average Bonchev–Trinajstić information content (AvgIpc) is 2.55. The maximum Gasteiger partial charge on any atom is 0.227 e. The smallest absolute Gasteiger partial charge is 0.227 e. The number of hydrogen-bond acceptors (Lipinski definition) is 3. The Morgan fingerprint density at radius 3 is 2.71 bits per heavy atom. The minimum Gasteiger partial charge on any atom is -0.388 e. The molecule has 1 aliphatic rings. The number of halogens is 1. The van der Waals surface area contributed by atoms with Gasteiger partial charge in [-0.3, -0.25) is 9.59 Å². The van der Waals surface area contributed by atoms with Crippen LogP contribution in [0.5, 0.6) is 0 Å². The molecule has 2 aromatic rings. The third kappa shape index (κ3) is 3.93. The molecule has 0 saturated carbocycles. The van der Waals surface area contributed by atoms with Gasteiger partial charge in [-0.15, -0.1) is 0 Å². The first-order valence-electron chi connectivity index (χ1n) is 7.67. The Morgan fingerprint density at radius 1 is 1.21 bits per heavy atom. The summed E-state index contributed by atoms with van der Waals surface area (Å²) in [4.78, 5) is 23.5. The number of benzene rings is 2. The molecule has 5 nitrogen and oxygen atoms in total. The van der Waals surface area contributed by atoms with E-state index in [1.165, 1.54) is 0 Å². The van der Waals surface area contributed by atoms with Crippen LogP contribution >= 0.6 is 11.6 Å². The van der Waals surface area contributed by atoms with Crippen LogP contribution in [0.1, 0.15) is 30.1 Å². The van der Waals surface area contributed by atoms with Crippen molar-refractivity contribution in [1.29, 1.82) is 0 Å². The molecule has 0 radical (unpaired) electrons. The molecular weight excluding hydrogens is 328 g/mol. The van der Waals surface area contributed by atoms with Crippen LogP contribution in [0.3, 0.4) is 0 Å². The van der Waals surface area contributed by atoms with Gasteiger partial charge in [-0.25, -0.2) is 0 Å². The fourth-order valence-corrected chi connectivity index (χ4v) is 2.78. The van der Waals surface area contributed by atoms with Gasteiger partial charge in [-0.05, 0) is 47.9 Å². The number of aliphatic hydroxyl groups excluding tert-OH is 1. The van der Waals surface area contributed by atoms with E-state index in [9.17, 15) is 14.7 Å². The lowest BCUT2D eigenvalue weighted by molar-refractivity contribution is -0.118. The summed E-state index contributed by atoms with van der Waals surface area (Å²) in [6, 6.07) is 12.1. The first-order valence-corrected chi connectivity index (χ1v) is 8.05. The van der Waals surface area contributed by atoms with Crippen molar-refractivity contribution >= 4 is 34.8 Å². The number of aliphatic hydroxyl groups is 1. The van der Waals surface area contributed by atoms with Gasteiger partial charge in [0.05, 0.1) is 12.5 Å². The van der Waals surface area contributed by atoms with Gasteiger partial charge in [0.15, 0.2) is 0 Å². The number of hydrogen-bond donors (Lipinski definition) is 3. The quantitative estimate of drug-likeness (QED) is 0.796. The van der Waals surface area contributed by atoms with Crippen molar-refractivity contribution in [1.82, 2.24) is 0 Å². The number of carbonyl (C=O) groups excluding carboxylic acids is 2. The lowest BCUT2D eigenvalue weighted by atomic mass is 10.0. The molecule has 2 aromatic carbocycles. The van der Waals surface area contributed by atoms with Crippen LogP contribution in [-0.4, -0.2) is 16.9 Å². The van der Waals surface area contributed by atoms with E-state index >= 15 is 0 Å². The van der Waals surface area contributed by atoms with Gasteiger partial charge in [-0.2, -0.15) is 0 Å². The van der Waals surface area contributed by atoms with E-state index in [0.29, 0.717) is 29.1 Å². The van der Waals surface area contributed by atoms with Crippen molar-refractivity contribution in [2.45, 2.75) is 25.4 Å². The molecule has 0 bridgehead atoms. The summed E-state index contributed by atoms with van der Waals surface area (Å²) in [6.07, 6.45) is 0.159. The average molecular weight is 345 g/mol. The fraction of sp³-hybridized carbons (Fsp3) is 0.222. The van der Waals surface area contributed by atoms with Crippen molar-refractivity contribution in [3.05, 3.63) is 58.6 Å². The normalized spacial score (nSPS) is 14.5. The second-order valence-electron chi connectivity index (χ2n) is 5.74. The first-order chi connectivity index (χ1) is 11.5. The number of fused-ring (bicyclic) bond motifs is 1. The third-order valence-corrected chi connectivity index (χ3v) is 4.17. The van der Waals surface area contributed by atoms with Crippen LogP contribution in [0, 0.1) is 0 Å². The monoisotopic (exact) mass is 344 g/mol. The molecule has 3 rings (SSSR count). The Kier molecular flexibility index (Phi) is 4.83. The Morgan fingerprint density at radius 2 is 1.96 bits per heavy atom. The molecule has 0 saturated heterocycles. The van der Waals surface area contributed by atoms with Crippen molar-refractivity contribution in [2.75, 3.05) is 10.6 Å². The highest BCUT2D eigenvalue weighted by molar-refractivity contribution is 6.30. The molecule has 1 heterocycles. The molecule has 0 spiro atoms. The van der Waals surface area contributed by atoms with E-state index in [-0.39, 0.29) is 18.2 Å². The Bertz CT molecular complexity index is 774. The first kappa shape index (κ1) is 16.5. The van der Waals surface area contributed by atoms with E-state index in [1.54, 1.807) is 36.4 Å². The van der Waals surface area contributed by atoms with Gasteiger partial charge in [0.2, 0.25) is 11.8 Å². The highest BCUT2D eigenvalue weighted by atomic mass is 35.5. The highest BCUT2D eigenvalue weighted by Crippen LogP contribution is 2.26. The van der Waals surface area contributed by atoms with Crippen LogP contribution in [0.25, 0.3) is 0 Å². The summed E-state index contributed by atoms with van der Waals surface area (Å²) in [6.45, 7) is 0. The van der Waals surface area contributed by atoms with E-state index in [2.05, 4.69) is 10.6 Å². The predicted octanol–water partition coefficient (Wildman–Crippen LogP) is 3.29. The molecule has 24 heavy (non-hydrogen) atoms. The number of anilines is 2. The maximum atomic E-state index is 12.1. The third-order valence-electron chi connectivity index (χ3n) is 3.92. The SMILES string of the molecule is O=C(CC(O)c1ccc(Cl)cc1)Nc1ccc2c(c1)CCC(=O)N2. The molecule has 1 aliphatic heterocycles. The van der Waals surface area contributed by atoms with Crippen molar-refractivity contribution < 1.29 is 14.7 Å². The number of nitrogens with one attached hydrogen (secondary N) is 2. The number of carbonyl (C=O) groups is 2. The van der Waals surface area contributed by atoms with Gasteiger partial charge in [-0.1, -0.05) is 23.7 Å².